The van der Waals surface area contributed by atoms with Crippen LogP contribution < -0.4 is 19.8 Å². The van der Waals surface area contributed by atoms with Crippen LogP contribution in [0.2, 0.25) is 0 Å². The minimum atomic E-state index is -0.133. The summed E-state index contributed by atoms with van der Waals surface area (Å²) >= 11 is 1.49. The molecule has 0 saturated heterocycles. The van der Waals surface area contributed by atoms with Crippen molar-refractivity contribution in [2.75, 3.05) is 21.3 Å². The Morgan fingerprint density at radius 3 is 2.45 bits per heavy atom. The van der Waals surface area contributed by atoms with Gasteiger partial charge in [-0.2, -0.15) is 0 Å². The van der Waals surface area contributed by atoms with Gasteiger partial charge in [0, 0.05) is 11.8 Å². The van der Waals surface area contributed by atoms with Crippen molar-refractivity contribution in [1.82, 2.24) is 9.55 Å². The summed E-state index contributed by atoms with van der Waals surface area (Å²) in [5.41, 5.74) is 2.27. The van der Waals surface area contributed by atoms with Crippen molar-refractivity contribution in [3.05, 3.63) is 82.6 Å². The number of fused-ring (bicyclic) bond motifs is 1. The fraction of sp³-hybridized carbons (Fsp3) is 0.167. The zero-order chi connectivity index (χ0) is 21.8. The zero-order valence-corrected chi connectivity index (χ0v) is 18.3. The number of methoxy groups -OCH3 is 3. The fourth-order valence-electron chi connectivity index (χ4n) is 3.31. The molecule has 0 aliphatic carbocycles. The summed E-state index contributed by atoms with van der Waals surface area (Å²) in [6, 6.07) is 20.6. The predicted octanol–water partition coefficient (Wildman–Crippen LogP) is 4.70. The molecule has 0 aliphatic rings. The van der Waals surface area contributed by atoms with Crippen molar-refractivity contribution in [2.45, 2.75) is 10.9 Å². The zero-order valence-electron chi connectivity index (χ0n) is 17.5. The molecule has 4 rings (SSSR count). The molecule has 0 atom stereocenters. The van der Waals surface area contributed by atoms with E-state index in [-0.39, 0.29) is 5.56 Å². The summed E-state index contributed by atoms with van der Waals surface area (Å²) < 4.78 is 17.7. The molecule has 0 N–H and O–H groups in total. The van der Waals surface area contributed by atoms with Gasteiger partial charge >= 0.3 is 0 Å². The van der Waals surface area contributed by atoms with E-state index in [0.29, 0.717) is 39.0 Å². The number of para-hydroxylation sites is 1. The third kappa shape index (κ3) is 4.22. The Hall–Kier alpha value is -3.45. The van der Waals surface area contributed by atoms with Gasteiger partial charge in [-0.25, -0.2) is 4.98 Å². The Bertz CT molecular complexity index is 1290. The number of benzene rings is 3. The first kappa shape index (κ1) is 20.8. The van der Waals surface area contributed by atoms with E-state index in [1.54, 1.807) is 44.1 Å². The molecule has 6 nitrogen and oxygen atoms in total. The molecule has 0 bridgehead atoms. The van der Waals surface area contributed by atoms with Gasteiger partial charge in [0.05, 0.1) is 37.9 Å². The molecule has 7 heteroatoms. The Morgan fingerprint density at radius 1 is 0.871 bits per heavy atom. The molecule has 3 aromatic carbocycles. The van der Waals surface area contributed by atoms with E-state index in [0.717, 1.165) is 11.3 Å². The lowest BCUT2D eigenvalue weighted by Crippen LogP contribution is -2.21. The molecule has 1 aromatic heterocycles. The van der Waals surface area contributed by atoms with Gasteiger partial charge < -0.3 is 14.2 Å². The van der Waals surface area contributed by atoms with E-state index in [1.165, 1.54) is 11.8 Å². The Balaban J connectivity index is 1.83. The largest absolute Gasteiger partial charge is 0.497 e. The Labute approximate surface area is 184 Å². The van der Waals surface area contributed by atoms with Crippen LogP contribution in [0.1, 0.15) is 5.56 Å². The molecule has 0 fully saturated rings. The standard InChI is InChI=1S/C24H22N2O4S/c1-28-18-8-6-7-16(13-18)15-31-24-25-20-10-5-4-9-19(20)23(27)26(24)17-11-12-21(29-2)22(14-17)30-3/h4-14H,15H2,1-3H3. The quantitative estimate of drug-likeness (QED) is 0.310. The van der Waals surface area contributed by atoms with Crippen LogP contribution in [0.5, 0.6) is 17.2 Å². The van der Waals surface area contributed by atoms with Gasteiger partial charge in [-0.05, 0) is 42.0 Å². The second kappa shape index (κ2) is 9.14. The van der Waals surface area contributed by atoms with Crippen LogP contribution in [0, 0.1) is 0 Å². The van der Waals surface area contributed by atoms with Crippen molar-refractivity contribution in [2.24, 2.45) is 0 Å². The highest BCUT2D eigenvalue weighted by atomic mass is 32.2. The van der Waals surface area contributed by atoms with Crippen LogP contribution in [-0.4, -0.2) is 30.9 Å². The molecule has 0 amide bonds. The number of rotatable bonds is 7. The molecule has 4 aromatic rings. The van der Waals surface area contributed by atoms with Gasteiger partial charge in [0.15, 0.2) is 16.7 Å². The number of aromatic nitrogens is 2. The number of ether oxygens (including phenoxy) is 3. The summed E-state index contributed by atoms with van der Waals surface area (Å²) in [7, 11) is 4.80. The van der Waals surface area contributed by atoms with E-state index in [1.807, 2.05) is 48.5 Å². The van der Waals surface area contributed by atoms with Crippen LogP contribution in [-0.2, 0) is 5.75 Å². The van der Waals surface area contributed by atoms with Crippen molar-refractivity contribution in [3.63, 3.8) is 0 Å². The summed E-state index contributed by atoms with van der Waals surface area (Å²) in [5.74, 6) is 2.57. The first-order chi connectivity index (χ1) is 15.1. The summed E-state index contributed by atoms with van der Waals surface area (Å²) in [6.45, 7) is 0. The molecule has 0 saturated carbocycles. The van der Waals surface area contributed by atoms with Crippen LogP contribution >= 0.6 is 11.8 Å². The van der Waals surface area contributed by atoms with Gasteiger partial charge in [0.25, 0.3) is 5.56 Å². The Morgan fingerprint density at radius 2 is 1.68 bits per heavy atom. The molecule has 0 aliphatic heterocycles. The maximum absolute atomic E-state index is 13.4. The normalized spacial score (nSPS) is 10.8. The van der Waals surface area contributed by atoms with Crippen molar-refractivity contribution in [1.29, 1.82) is 0 Å². The van der Waals surface area contributed by atoms with Crippen LogP contribution in [0.4, 0.5) is 0 Å². The minimum Gasteiger partial charge on any atom is -0.497 e. The summed E-state index contributed by atoms with van der Waals surface area (Å²) in [5, 5.41) is 1.15. The van der Waals surface area contributed by atoms with E-state index in [4.69, 9.17) is 19.2 Å². The third-order valence-corrected chi connectivity index (χ3v) is 5.88. The second-order valence-corrected chi connectivity index (χ2v) is 7.67. The second-order valence-electron chi connectivity index (χ2n) is 6.73. The highest BCUT2D eigenvalue weighted by Crippen LogP contribution is 2.31. The van der Waals surface area contributed by atoms with Gasteiger partial charge in [-0.1, -0.05) is 36.0 Å². The molecule has 0 unspecified atom stereocenters. The third-order valence-electron chi connectivity index (χ3n) is 4.87. The highest BCUT2D eigenvalue weighted by Gasteiger charge is 2.15. The predicted molar refractivity (Wildman–Crippen MR) is 123 cm³/mol. The lowest BCUT2D eigenvalue weighted by atomic mass is 10.2. The maximum atomic E-state index is 13.4. The molecular formula is C24H22N2O4S. The minimum absolute atomic E-state index is 0.133. The van der Waals surface area contributed by atoms with Crippen LogP contribution in [0.25, 0.3) is 16.6 Å². The molecular weight excluding hydrogens is 412 g/mol. The lowest BCUT2D eigenvalue weighted by Gasteiger charge is -2.15. The van der Waals surface area contributed by atoms with Gasteiger partial charge in [0.2, 0.25) is 0 Å². The number of hydrogen-bond acceptors (Lipinski definition) is 6. The average Bonchev–Trinajstić information content (AvgIpc) is 2.82. The van der Waals surface area contributed by atoms with Crippen LogP contribution in [0.3, 0.4) is 0 Å². The van der Waals surface area contributed by atoms with Gasteiger partial charge in [-0.3, -0.25) is 9.36 Å². The van der Waals surface area contributed by atoms with Crippen LogP contribution in [0.15, 0.2) is 76.7 Å². The lowest BCUT2D eigenvalue weighted by molar-refractivity contribution is 0.354. The fourth-order valence-corrected chi connectivity index (χ4v) is 4.27. The molecule has 158 valence electrons. The molecule has 1 heterocycles. The first-order valence-electron chi connectivity index (χ1n) is 9.64. The van der Waals surface area contributed by atoms with E-state index in [9.17, 15) is 4.79 Å². The number of thioether (sulfide) groups is 1. The molecule has 0 radical (unpaired) electrons. The van der Waals surface area contributed by atoms with Crippen molar-refractivity contribution in [3.8, 4) is 22.9 Å². The Kier molecular flexibility index (Phi) is 6.13. The SMILES string of the molecule is COc1cccc(CSc2nc3ccccc3c(=O)n2-c2ccc(OC)c(OC)c2)c1. The van der Waals surface area contributed by atoms with E-state index in [2.05, 4.69) is 0 Å². The highest BCUT2D eigenvalue weighted by molar-refractivity contribution is 7.98. The molecule has 31 heavy (non-hydrogen) atoms. The average molecular weight is 435 g/mol. The monoisotopic (exact) mass is 434 g/mol. The van der Waals surface area contributed by atoms with Gasteiger partial charge in [0.1, 0.15) is 5.75 Å². The maximum Gasteiger partial charge on any atom is 0.266 e. The van der Waals surface area contributed by atoms with Crippen molar-refractivity contribution < 1.29 is 14.2 Å². The van der Waals surface area contributed by atoms with Gasteiger partial charge in [-0.15, -0.1) is 0 Å². The summed E-state index contributed by atoms with van der Waals surface area (Å²) in [4.78, 5) is 18.2. The van der Waals surface area contributed by atoms with E-state index >= 15 is 0 Å². The topological polar surface area (TPSA) is 62.6 Å². The van der Waals surface area contributed by atoms with Crippen molar-refractivity contribution >= 4 is 22.7 Å². The summed E-state index contributed by atoms with van der Waals surface area (Å²) in [6.07, 6.45) is 0. The number of nitrogens with zero attached hydrogens (tertiary/aromatic N) is 2. The number of hydrogen-bond donors (Lipinski definition) is 0. The van der Waals surface area contributed by atoms with E-state index < -0.39 is 0 Å². The molecule has 0 spiro atoms. The first-order valence-corrected chi connectivity index (χ1v) is 10.6. The smallest absolute Gasteiger partial charge is 0.266 e.